The molecule has 2 aliphatic rings. The molecule has 0 saturated carbocycles. The lowest BCUT2D eigenvalue weighted by Gasteiger charge is -2.35. The maximum atomic E-state index is 14.2. The average Bonchev–Trinajstić information content (AvgIpc) is 4.04. The Kier molecular flexibility index (Phi) is 11.2. The Hall–Kier alpha value is -7.02. The second-order valence-corrected chi connectivity index (χ2v) is 14.7. The molecule has 13 nitrogen and oxygen atoms in total. The van der Waals surface area contributed by atoms with E-state index in [0.29, 0.717) is 50.3 Å². The molecule has 4 amide bonds. The van der Waals surface area contributed by atoms with Crippen LogP contribution in [0.3, 0.4) is 0 Å². The Bertz CT molecular complexity index is 2220. The third kappa shape index (κ3) is 7.47. The lowest BCUT2D eigenvalue weighted by molar-refractivity contribution is -0.179. The summed E-state index contributed by atoms with van der Waals surface area (Å²) in [4.78, 5) is 82.1. The molecule has 0 aliphatic carbocycles. The highest BCUT2D eigenvalue weighted by Crippen LogP contribution is 2.41. The number of esters is 2. The topological polar surface area (TPSA) is 193 Å². The fraction of sp³-hybridized carbons (Fsp3) is 0.261. The predicted octanol–water partition coefficient (Wildman–Crippen LogP) is 5.83. The van der Waals surface area contributed by atoms with Crippen LogP contribution in [-0.2, 0) is 49.4 Å². The minimum atomic E-state index is -2.31. The first kappa shape index (κ1) is 40.2. The standard InChI is InChI=1S/C46H44N4O9/c1-29(51)58-45(41(47)53,35-11-5-3-6-12-35)43(55)49-27-9-15-37(49)31-17-21-33(22-18-31)39-25-26-40(57-39)34-23-19-32(20-24-34)38-16-10-28-50(38)44(56)46(42(48)54,59-30(2)52)36-13-7-4-8-14-36/h3-8,11-14,17-26,37-38H,9-10,15-16,27-28H2,1-2H3,(H2,47,53)(H2,48,54)/t37-,38-,45+,46+/m0/s1. The quantitative estimate of drug-likeness (QED) is 0.116. The van der Waals surface area contributed by atoms with Crippen LogP contribution in [0, 0.1) is 0 Å². The summed E-state index contributed by atoms with van der Waals surface area (Å²) in [7, 11) is 0. The van der Waals surface area contributed by atoms with E-state index in [4.69, 9.17) is 25.4 Å². The van der Waals surface area contributed by atoms with E-state index in [1.54, 1.807) is 70.5 Å². The number of amides is 4. The van der Waals surface area contributed by atoms with Crippen molar-refractivity contribution in [3.05, 3.63) is 144 Å². The van der Waals surface area contributed by atoms with Crippen molar-refractivity contribution < 1.29 is 42.7 Å². The molecule has 4 aromatic carbocycles. The van der Waals surface area contributed by atoms with Gasteiger partial charge in [0.05, 0.1) is 12.1 Å². The molecule has 0 radical (unpaired) electrons. The molecule has 7 rings (SSSR count). The summed E-state index contributed by atoms with van der Waals surface area (Å²) in [6.07, 6.45) is 2.61. The van der Waals surface area contributed by atoms with E-state index in [0.717, 1.165) is 36.1 Å². The molecule has 59 heavy (non-hydrogen) atoms. The van der Waals surface area contributed by atoms with Gasteiger partial charge in [-0.1, -0.05) is 109 Å². The van der Waals surface area contributed by atoms with E-state index in [1.165, 1.54) is 0 Å². The van der Waals surface area contributed by atoms with Crippen molar-refractivity contribution in [2.24, 2.45) is 11.5 Å². The smallest absolute Gasteiger partial charge is 0.304 e. The number of furan rings is 1. The maximum Gasteiger partial charge on any atom is 0.304 e. The molecule has 302 valence electrons. The number of nitrogens with two attached hydrogens (primary N) is 2. The summed E-state index contributed by atoms with van der Waals surface area (Å²) < 4.78 is 17.3. The first-order valence-electron chi connectivity index (χ1n) is 19.4. The highest BCUT2D eigenvalue weighted by Gasteiger charge is 2.55. The molecule has 5 aromatic rings. The predicted molar refractivity (Wildman–Crippen MR) is 215 cm³/mol. The minimum Gasteiger partial charge on any atom is -0.456 e. The van der Waals surface area contributed by atoms with Crippen LogP contribution >= 0.6 is 0 Å². The summed E-state index contributed by atoms with van der Waals surface area (Å²) >= 11 is 0. The van der Waals surface area contributed by atoms with E-state index in [-0.39, 0.29) is 11.1 Å². The molecule has 4 atom stereocenters. The highest BCUT2D eigenvalue weighted by atomic mass is 16.6. The molecule has 0 spiro atoms. The van der Waals surface area contributed by atoms with Crippen LogP contribution in [0.5, 0.6) is 0 Å². The van der Waals surface area contributed by atoms with Gasteiger partial charge in [0, 0.05) is 49.2 Å². The SMILES string of the molecule is CC(=O)O[C@](C(N)=O)(C(=O)N1CCC[C@H]1c1ccc(-c2ccc(-c3ccc([C@@H]4CCCN4C(=O)[C@](OC(C)=O)(C(N)=O)c4ccccc4)cc3)o2)cc1)c1ccccc1. The Labute approximate surface area is 340 Å². The van der Waals surface area contributed by atoms with Gasteiger partial charge in [0.1, 0.15) is 11.5 Å². The Balaban J connectivity index is 1.08. The Morgan fingerprint density at radius 2 is 0.898 bits per heavy atom. The highest BCUT2D eigenvalue weighted by molar-refractivity contribution is 6.11. The molecule has 3 heterocycles. The van der Waals surface area contributed by atoms with Gasteiger partial charge in [0.25, 0.3) is 34.8 Å². The van der Waals surface area contributed by atoms with E-state index in [2.05, 4.69) is 0 Å². The van der Waals surface area contributed by atoms with Crippen molar-refractivity contribution in [1.82, 2.24) is 9.80 Å². The van der Waals surface area contributed by atoms with Gasteiger partial charge in [-0.15, -0.1) is 0 Å². The van der Waals surface area contributed by atoms with E-state index < -0.39 is 58.9 Å². The second-order valence-electron chi connectivity index (χ2n) is 14.7. The van der Waals surface area contributed by atoms with Crippen molar-refractivity contribution >= 4 is 35.6 Å². The molecular formula is C46H44N4O9. The monoisotopic (exact) mass is 796 g/mol. The zero-order valence-corrected chi connectivity index (χ0v) is 32.7. The summed E-state index contributed by atoms with van der Waals surface area (Å²) in [6, 6.07) is 34.4. The van der Waals surface area contributed by atoms with Crippen molar-refractivity contribution in [2.45, 2.75) is 62.8 Å². The molecule has 0 bridgehead atoms. The van der Waals surface area contributed by atoms with Gasteiger partial charge < -0.3 is 35.2 Å². The number of carbonyl (C=O) groups excluding carboxylic acids is 6. The van der Waals surface area contributed by atoms with Crippen molar-refractivity contribution in [3.8, 4) is 22.6 Å². The zero-order chi connectivity index (χ0) is 41.9. The number of carbonyl (C=O) groups is 6. The number of primary amides is 2. The minimum absolute atomic E-state index is 0.180. The summed E-state index contributed by atoms with van der Waals surface area (Å²) in [5.74, 6) is -3.93. The molecule has 0 unspecified atom stereocenters. The number of likely N-dealkylation sites (tertiary alicyclic amines) is 2. The third-order valence-electron chi connectivity index (χ3n) is 11.0. The van der Waals surface area contributed by atoms with Crippen molar-refractivity contribution in [1.29, 1.82) is 0 Å². The second kappa shape index (κ2) is 16.5. The zero-order valence-electron chi connectivity index (χ0n) is 32.7. The van der Waals surface area contributed by atoms with Gasteiger partial charge in [0.15, 0.2) is 0 Å². The van der Waals surface area contributed by atoms with Crippen LogP contribution in [0.25, 0.3) is 22.6 Å². The fourth-order valence-corrected chi connectivity index (χ4v) is 8.33. The first-order chi connectivity index (χ1) is 28.4. The van der Waals surface area contributed by atoms with Gasteiger partial charge in [-0.05, 0) is 48.9 Å². The van der Waals surface area contributed by atoms with Gasteiger partial charge >= 0.3 is 11.9 Å². The molecule has 1 aromatic heterocycles. The van der Waals surface area contributed by atoms with Crippen molar-refractivity contribution in [3.63, 3.8) is 0 Å². The van der Waals surface area contributed by atoms with Gasteiger partial charge in [-0.2, -0.15) is 0 Å². The lowest BCUT2D eigenvalue weighted by Crippen LogP contribution is -2.56. The first-order valence-corrected chi connectivity index (χ1v) is 19.4. The van der Waals surface area contributed by atoms with Crippen molar-refractivity contribution in [2.75, 3.05) is 13.1 Å². The Morgan fingerprint density at radius 3 is 1.22 bits per heavy atom. The average molecular weight is 797 g/mol. The maximum absolute atomic E-state index is 14.2. The van der Waals surface area contributed by atoms with Crippen LogP contribution in [-0.4, -0.2) is 58.5 Å². The van der Waals surface area contributed by atoms with Crippen LogP contribution in [0.2, 0.25) is 0 Å². The summed E-state index contributed by atoms with van der Waals surface area (Å²) in [5.41, 5.74) is 10.7. The number of rotatable bonds is 12. The molecule has 4 N–H and O–H groups in total. The van der Waals surface area contributed by atoms with E-state index in [9.17, 15) is 28.8 Å². The third-order valence-corrected chi connectivity index (χ3v) is 11.0. The number of ether oxygens (including phenoxy) is 2. The molecule has 2 fully saturated rings. The lowest BCUT2D eigenvalue weighted by atomic mass is 9.90. The summed E-state index contributed by atoms with van der Waals surface area (Å²) in [6.45, 7) is 2.97. The van der Waals surface area contributed by atoms with Gasteiger partial charge in [-0.25, -0.2) is 0 Å². The molecular weight excluding hydrogens is 753 g/mol. The number of nitrogens with zero attached hydrogens (tertiary/aromatic N) is 2. The van der Waals surface area contributed by atoms with Crippen LogP contribution in [0.1, 0.15) is 73.9 Å². The summed E-state index contributed by atoms with van der Waals surface area (Å²) in [5, 5.41) is 0. The fourth-order valence-electron chi connectivity index (χ4n) is 8.33. The van der Waals surface area contributed by atoms with Crippen LogP contribution in [0.4, 0.5) is 0 Å². The van der Waals surface area contributed by atoms with Gasteiger partial charge in [-0.3, -0.25) is 28.8 Å². The largest absolute Gasteiger partial charge is 0.456 e. The van der Waals surface area contributed by atoms with Crippen LogP contribution < -0.4 is 11.5 Å². The van der Waals surface area contributed by atoms with Crippen LogP contribution in [0.15, 0.2) is 126 Å². The normalized spacial score (nSPS) is 18.3. The Morgan fingerprint density at radius 1 is 0.542 bits per heavy atom. The van der Waals surface area contributed by atoms with E-state index >= 15 is 0 Å². The number of hydrogen-bond acceptors (Lipinski definition) is 9. The molecule has 2 aliphatic heterocycles. The van der Waals surface area contributed by atoms with Gasteiger partial charge in [0.2, 0.25) is 0 Å². The van der Waals surface area contributed by atoms with E-state index in [1.807, 2.05) is 60.7 Å². The molecule has 2 saturated heterocycles. The molecule has 13 heteroatoms. The number of hydrogen-bond donors (Lipinski definition) is 2. The number of benzene rings is 4.